The second kappa shape index (κ2) is 8.08. The largest absolute Gasteiger partial charge is 0.298 e. The third kappa shape index (κ3) is 3.61. The van der Waals surface area contributed by atoms with Crippen molar-refractivity contribution in [3.05, 3.63) is 69.8 Å². The molecule has 6 rings (SSSR count). The van der Waals surface area contributed by atoms with Crippen LogP contribution in [0.2, 0.25) is 0 Å². The first-order valence-corrected chi connectivity index (χ1v) is 12.3. The highest BCUT2D eigenvalue weighted by Gasteiger charge is 2.46. The fourth-order valence-electron chi connectivity index (χ4n) is 5.27. The zero-order valence-corrected chi connectivity index (χ0v) is 19.4. The molecule has 0 aromatic heterocycles. The lowest BCUT2D eigenvalue weighted by molar-refractivity contribution is -0.121. The van der Waals surface area contributed by atoms with Gasteiger partial charge in [-0.1, -0.05) is 12.1 Å². The van der Waals surface area contributed by atoms with Crippen LogP contribution in [-0.2, 0) is 9.59 Å². The van der Waals surface area contributed by atoms with E-state index in [1.807, 2.05) is 0 Å². The molecule has 2 fully saturated rings. The van der Waals surface area contributed by atoms with Gasteiger partial charge in [0.2, 0.25) is 0 Å². The van der Waals surface area contributed by atoms with Gasteiger partial charge < -0.3 is 0 Å². The average molecular weight is 482 g/mol. The molecule has 0 radical (unpaired) electrons. The fourth-order valence-corrected chi connectivity index (χ4v) is 5.27. The van der Waals surface area contributed by atoms with Gasteiger partial charge >= 0.3 is 0 Å². The summed E-state index contributed by atoms with van der Waals surface area (Å²) in [5.74, 6) is -5.63. The first-order valence-electron chi connectivity index (χ1n) is 12.3. The van der Waals surface area contributed by atoms with Crippen molar-refractivity contribution >= 4 is 40.5 Å². The molecule has 0 bridgehead atoms. The highest BCUT2D eigenvalue weighted by Crippen LogP contribution is 2.38. The van der Waals surface area contributed by atoms with E-state index in [1.54, 1.807) is 0 Å². The van der Waals surface area contributed by atoms with Gasteiger partial charge in [0.15, 0.2) is 40.5 Å². The molecule has 2 aromatic carbocycles. The van der Waals surface area contributed by atoms with Gasteiger partial charge in [-0.15, -0.1) is 0 Å². The van der Waals surface area contributed by atoms with E-state index in [0.29, 0.717) is 0 Å². The maximum Gasteiger partial charge on any atom is 0.193 e. The van der Waals surface area contributed by atoms with Crippen LogP contribution in [0.1, 0.15) is 95.9 Å². The molecule has 2 unspecified atom stereocenters. The minimum Gasteiger partial charge on any atom is -0.298 e. The summed E-state index contributed by atoms with van der Waals surface area (Å²) in [5, 5.41) is 0. The Morgan fingerprint density at radius 3 is 1.28 bits per heavy atom. The number of ketones is 7. The standard InChI is InChI=1S/C29H22O7/c30-21(9-13-1-2-13)23-26(33)17-7-5-15(11-19(17)28(23)35)25(32)16-6-8-18-20(12-16)29(36)24(27(18)34)22(31)10-14-3-4-14/h5-8,11-14,23-24H,1-4,9-10H2. The lowest BCUT2D eigenvalue weighted by Crippen LogP contribution is -2.25. The SMILES string of the molecule is O=C(c1ccc2c(c1)C(=O)C(C(=O)CC1CC1)C2=O)c1ccc2c(c1)C(=O)C(C(=O)CC1CC1)C2=O. The molecule has 0 saturated heterocycles. The number of hydrogen-bond donors (Lipinski definition) is 0. The zero-order valence-electron chi connectivity index (χ0n) is 19.4. The number of carbonyl (C=O) groups is 7. The Balaban J connectivity index is 1.26. The molecule has 2 atom stereocenters. The highest BCUT2D eigenvalue weighted by molar-refractivity contribution is 6.37. The number of rotatable bonds is 8. The Morgan fingerprint density at radius 1 is 0.556 bits per heavy atom. The minimum absolute atomic E-state index is 0.0538. The minimum atomic E-state index is -1.33. The van der Waals surface area contributed by atoms with Gasteiger partial charge in [-0.3, -0.25) is 33.6 Å². The molecule has 7 heteroatoms. The monoisotopic (exact) mass is 482 g/mol. The molecule has 0 aliphatic heterocycles. The molecule has 36 heavy (non-hydrogen) atoms. The summed E-state index contributed by atoms with van der Waals surface area (Å²) in [7, 11) is 0. The molecule has 7 nitrogen and oxygen atoms in total. The topological polar surface area (TPSA) is 119 Å². The van der Waals surface area contributed by atoms with Crippen LogP contribution in [0.4, 0.5) is 0 Å². The van der Waals surface area contributed by atoms with E-state index in [1.165, 1.54) is 36.4 Å². The predicted molar refractivity (Wildman–Crippen MR) is 125 cm³/mol. The molecule has 180 valence electrons. The van der Waals surface area contributed by atoms with Crippen molar-refractivity contribution in [2.75, 3.05) is 0 Å². The van der Waals surface area contributed by atoms with Crippen molar-refractivity contribution in [1.29, 1.82) is 0 Å². The summed E-state index contributed by atoms with van der Waals surface area (Å²) in [6.07, 6.45) is 4.14. The van der Waals surface area contributed by atoms with E-state index in [9.17, 15) is 33.6 Å². The molecule has 0 spiro atoms. The lowest BCUT2D eigenvalue weighted by Gasteiger charge is -2.05. The van der Waals surface area contributed by atoms with Crippen LogP contribution in [0.3, 0.4) is 0 Å². The normalized spacial score (nSPS) is 22.6. The van der Waals surface area contributed by atoms with Crippen LogP contribution < -0.4 is 0 Å². The average Bonchev–Trinajstić information content (AvgIpc) is 3.79. The van der Waals surface area contributed by atoms with Crippen molar-refractivity contribution in [3.8, 4) is 0 Å². The number of hydrogen-bond acceptors (Lipinski definition) is 7. The van der Waals surface area contributed by atoms with E-state index in [-0.39, 0.29) is 69.6 Å². The van der Waals surface area contributed by atoms with Gasteiger partial charge in [0.1, 0.15) is 11.8 Å². The van der Waals surface area contributed by atoms with Crippen LogP contribution in [0.15, 0.2) is 36.4 Å². The first kappa shape index (κ1) is 22.6. The van der Waals surface area contributed by atoms with Crippen molar-refractivity contribution < 1.29 is 33.6 Å². The van der Waals surface area contributed by atoms with Gasteiger partial charge in [0.25, 0.3) is 0 Å². The summed E-state index contributed by atoms with van der Waals surface area (Å²) < 4.78 is 0. The lowest BCUT2D eigenvalue weighted by atomic mass is 9.94. The molecule has 2 aromatic rings. The third-order valence-electron chi connectivity index (χ3n) is 7.69. The van der Waals surface area contributed by atoms with Crippen LogP contribution in [-0.4, -0.2) is 40.5 Å². The van der Waals surface area contributed by atoms with Crippen molar-refractivity contribution in [3.63, 3.8) is 0 Å². The Hall–Kier alpha value is -3.87. The second-order valence-electron chi connectivity index (χ2n) is 10.4. The van der Waals surface area contributed by atoms with Crippen LogP contribution >= 0.6 is 0 Å². The van der Waals surface area contributed by atoms with E-state index in [4.69, 9.17) is 0 Å². The molecular formula is C29H22O7. The molecule has 4 aliphatic carbocycles. The Bertz CT molecular complexity index is 1330. The van der Waals surface area contributed by atoms with Gasteiger partial charge in [-0.2, -0.15) is 0 Å². The van der Waals surface area contributed by atoms with Gasteiger partial charge in [0, 0.05) is 46.2 Å². The fraction of sp³-hybridized carbons (Fsp3) is 0.345. The van der Waals surface area contributed by atoms with Crippen LogP contribution in [0, 0.1) is 23.7 Å². The van der Waals surface area contributed by atoms with E-state index in [0.717, 1.165) is 25.7 Å². The van der Waals surface area contributed by atoms with Crippen molar-refractivity contribution in [2.24, 2.45) is 23.7 Å². The Kier molecular flexibility index (Phi) is 5.07. The third-order valence-corrected chi connectivity index (χ3v) is 7.69. The van der Waals surface area contributed by atoms with Crippen LogP contribution in [0.5, 0.6) is 0 Å². The quantitative estimate of drug-likeness (QED) is 0.416. The van der Waals surface area contributed by atoms with Crippen LogP contribution in [0.25, 0.3) is 0 Å². The molecular weight excluding hydrogens is 460 g/mol. The highest BCUT2D eigenvalue weighted by atomic mass is 16.2. The summed E-state index contributed by atoms with van der Waals surface area (Å²) in [4.78, 5) is 89.6. The van der Waals surface area contributed by atoms with Crippen molar-refractivity contribution in [2.45, 2.75) is 38.5 Å². The first-order chi connectivity index (χ1) is 17.2. The smallest absolute Gasteiger partial charge is 0.193 e. The molecule has 0 amide bonds. The molecule has 0 N–H and O–H groups in total. The van der Waals surface area contributed by atoms with E-state index in [2.05, 4.69) is 0 Å². The zero-order chi connectivity index (χ0) is 25.3. The number of carbonyl (C=O) groups excluding carboxylic acids is 7. The molecule has 4 aliphatic rings. The predicted octanol–water partition coefficient (Wildman–Crippen LogP) is 3.65. The summed E-state index contributed by atoms with van der Waals surface area (Å²) in [5.41, 5.74) is 0.637. The maximum absolute atomic E-state index is 13.2. The second-order valence-corrected chi connectivity index (χ2v) is 10.4. The van der Waals surface area contributed by atoms with E-state index >= 15 is 0 Å². The Morgan fingerprint density at radius 2 is 0.917 bits per heavy atom. The van der Waals surface area contributed by atoms with Gasteiger partial charge in [-0.25, -0.2) is 0 Å². The number of Topliss-reactive ketones (excluding diaryl/α,β-unsaturated/α-hetero) is 6. The number of benzene rings is 2. The molecule has 2 saturated carbocycles. The summed E-state index contributed by atoms with van der Waals surface area (Å²) >= 11 is 0. The van der Waals surface area contributed by atoms with Crippen molar-refractivity contribution in [1.82, 2.24) is 0 Å². The van der Waals surface area contributed by atoms with Gasteiger partial charge in [-0.05, 0) is 61.8 Å². The summed E-state index contributed by atoms with van der Waals surface area (Å²) in [6.45, 7) is 0. The number of fused-ring (bicyclic) bond motifs is 2. The van der Waals surface area contributed by atoms with E-state index < -0.39 is 40.8 Å². The summed E-state index contributed by atoms with van der Waals surface area (Å²) in [6, 6.07) is 8.27. The Labute approximate surface area is 206 Å². The maximum atomic E-state index is 13.2. The van der Waals surface area contributed by atoms with Gasteiger partial charge in [0.05, 0.1) is 0 Å². The molecule has 0 heterocycles.